The molecule has 1 saturated heterocycles. The third-order valence-electron chi connectivity index (χ3n) is 5.40. The van der Waals surface area contributed by atoms with E-state index in [-0.39, 0.29) is 16.7 Å². The predicted octanol–water partition coefficient (Wildman–Crippen LogP) is 2.58. The topological polar surface area (TPSA) is 125 Å². The molecule has 1 heterocycles. The summed E-state index contributed by atoms with van der Waals surface area (Å²) in [5.74, 6) is -3.36. The number of carbonyl (C=O) groups is 4. The summed E-state index contributed by atoms with van der Waals surface area (Å²) >= 11 is 0. The van der Waals surface area contributed by atoms with Crippen LogP contribution >= 0.6 is 0 Å². The van der Waals surface area contributed by atoms with Crippen LogP contribution in [0.5, 0.6) is 0 Å². The van der Waals surface area contributed by atoms with Crippen LogP contribution in [-0.4, -0.2) is 60.0 Å². The number of hydrogen-bond donors (Lipinski definition) is 1. The third-order valence-corrected chi connectivity index (χ3v) is 5.40. The van der Waals surface area contributed by atoms with Crippen LogP contribution in [0.2, 0.25) is 0 Å². The third kappa shape index (κ3) is 5.76. The van der Waals surface area contributed by atoms with Crippen molar-refractivity contribution in [2.24, 2.45) is 0 Å². The first-order chi connectivity index (χ1) is 17.4. The summed E-state index contributed by atoms with van der Waals surface area (Å²) in [6.45, 7) is -0.527. The van der Waals surface area contributed by atoms with Gasteiger partial charge in [-0.1, -0.05) is 54.6 Å². The van der Waals surface area contributed by atoms with Gasteiger partial charge < -0.3 is 24.1 Å². The number of aliphatic hydroxyl groups is 1. The average Bonchev–Trinajstić information content (AvgIpc) is 3.20. The van der Waals surface area contributed by atoms with E-state index in [1.165, 1.54) is 36.4 Å². The standard InChI is InChI=1S/C27H22O9/c28-21-22(35-27(32)23(21)36-26(31)19-14-8-3-9-15-19)20(34-25(30)18-12-6-2-7-13-18)16-33-24(29)17-10-4-1-5-11-17/h1-15,20-23,28H,16H2/t20-,21+,22+,23+/m1/s1. The van der Waals surface area contributed by atoms with Gasteiger partial charge in [-0.2, -0.15) is 0 Å². The highest BCUT2D eigenvalue weighted by atomic mass is 16.6. The zero-order valence-corrected chi connectivity index (χ0v) is 18.9. The molecule has 0 bridgehead atoms. The lowest BCUT2D eigenvalue weighted by Crippen LogP contribution is -2.45. The Morgan fingerprint density at radius 3 is 1.75 bits per heavy atom. The highest BCUT2D eigenvalue weighted by Crippen LogP contribution is 2.25. The molecular formula is C27H22O9. The number of ether oxygens (including phenoxy) is 4. The normalized spacial score (nSPS) is 19.6. The van der Waals surface area contributed by atoms with E-state index in [0.29, 0.717) is 0 Å². The van der Waals surface area contributed by atoms with Crippen LogP contribution in [-0.2, 0) is 23.7 Å². The van der Waals surface area contributed by atoms with Crippen LogP contribution in [0.15, 0.2) is 91.0 Å². The van der Waals surface area contributed by atoms with Crippen LogP contribution in [0.3, 0.4) is 0 Å². The number of cyclic esters (lactones) is 1. The van der Waals surface area contributed by atoms with E-state index in [1.807, 2.05) is 0 Å². The monoisotopic (exact) mass is 490 g/mol. The summed E-state index contributed by atoms with van der Waals surface area (Å²) < 4.78 is 21.2. The molecular weight excluding hydrogens is 468 g/mol. The lowest BCUT2D eigenvalue weighted by Gasteiger charge is -2.25. The Balaban J connectivity index is 1.50. The van der Waals surface area contributed by atoms with Gasteiger partial charge in [-0.3, -0.25) is 0 Å². The van der Waals surface area contributed by atoms with Gasteiger partial charge in [-0.05, 0) is 36.4 Å². The van der Waals surface area contributed by atoms with Crippen molar-refractivity contribution in [2.45, 2.75) is 24.4 Å². The lowest BCUT2D eigenvalue weighted by molar-refractivity contribution is -0.152. The molecule has 3 aromatic rings. The van der Waals surface area contributed by atoms with E-state index < -0.39 is 54.9 Å². The smallest absolute Gasteiger partial charge is 0.350 e. The maximum absolute atomic E-state index is 12.7. The van der Waals surface area contributed by atoms with Gasteiger partial charge >= 0.3 is 23.9 Å². The zero-order valence-electron chi connectivity index (χ0n) is 18.9. The zero-order chi connectivity index (χ0) is 25.5. The summed E-state index contributed by atoms with van der Waals surface area (Å²) in [5, 5.41) is 10.8. The van der Waals surface area contributed by atoms with Gasteiger partial charge in [0.25, 0.3) is 0 Å². The highest BCUT2D eigenvalue weighted by molar-refractivity contribution is 5.92. The molecule has 0 radical (unpaired) electrons. The van der Waals surface area contributed by atoms with Crippen molar-refractivity contribution in [3.63, 3.8) is 0 Å². The second-order valence-corrected chi connectivity index (χ2v) is 7.86. The van der Waals surface area contributed by atoms with Crippen LogP contribution in [0.4, 0.5) is 0 Å². The Hall–Kier alpha value is -4.50. The largest absolute Gasteiger partial charge is 0.458 e. The minimum absolute atomic E-state index is 0.171. The fourth-order valence-electron chi connectivity index (χ4n) is 3.54. The Labute approximate surface area is 206 Å². The van der Waals surface area contributed by atoms with E-state index in [9.17, 15) is 24.3 Å². The van der Waals surface area contributed by atoms with Crippen molar-refractivity contribution in [1.82, 2.24) is 0 Å². The number of hydrogen-bond acceptors (Lipinski definition) is 9. The minimum atomic E-state index is -1.69. The Bertz CT molecular complexity index is 1210. The number of rotatable bonds is 8. The lowest BCUT2D eigenvalue weighted by atomic mass is 10.1. The Morgan fingerprint density at radius 2 is 1.22 bits per heavy atom. The summed E-state index contributed by atoms with van der Waals surface area (Å²) in [7, 11) is 0. The molecule has 1 N–H and O–H groups in total. The molecule has 36 heavy (non-hydrogen) atoms. The fraction of sp³-hybridized carbons (Fsp3) is 0.185. The van der Waals surface area contributed by atoms with Crippen molar-refractivity contribution in [3.8, 4) is 0 Å². The second kappa shape index (κ2) is 11.3. The first kappa shape index (κ1) is 24.6. The Morgan fingerprint density at radius 1 is 0.750 bits per heavy atom. The van der Waals surface area contributed by atoms with E-state index in [4.69, 9.17) is 18.9 Å². The Kier molecular flexibility index (Phi) is 7.72. The molecule has 3 aromatic carbocycles. The second-order valence-electron chi connectivity index (χ2n) is 7.86. The quantitative estimate of drug-likeness (QED) is 0.375. The molecule has 9 heteroatoms. The molecule has 0 unspecified atom stereocenters. The highest BCUT2D eigenvalue weighted by Gasteiger charge is 2.51. The van der Waals surface area contributed by atoms with Gasteiger partial charge in [0.2, 0.25) is 6.10 Å². The van der Waals surface area contributed by atoms with Gasteiger partial charge in [-0.15, -0.1) is 0 Å². The SMILES string of the molecule is O=C(OC[C@@H](OC(=O)c1ccccc1)[C@@H]1OC(=O)[C@@H](OC(=O)c2ccccc2)[C@H]1O)c1ccccc1. The maximum Gasteiger partial charge on any atom is 0.350 e. The molecule has 9 nitrogen and oxygen atoms in total. The average molecular weight is 490 g/mol. The van der Waals surface area contributed by atoms with E-state index >= 15 is 0 Å². The minimum Gasteiger partial charge on any atom is -0.458 e. The molecule has 1 aliphatic heterocycles. The molecule has 0 spiro atoms. The molecule has 0 aliphatic carbocycles. The molecule has 0 aromatic heterocycles. The van der Waals surface area contributed by atoms with Crippen molar-refractivity contribution < 1.29 is 43.2 Å². The van der Waals surface area contributed by atoms with Crippen molar-refractivity contribution >= 4 is 23.9 Å². The molecule has 4 rings (SSSR count). The summed E-state index contributed by atoms with van der Waals surface area (Å²) in [6, 6.07) is 24.0. The summed E-state index contributed by atoms with van der Waals surface area (Å²) in [4.78, 5) is 50.0. The van der Waals surface area contributed by atoms with Crippen LogP contribution in [0.1, 0.15) is 31.1 Å². The summed E-state index contributed by atoms with van der Waals surface area (Å²) in [5.41, 5.74) is 0.622. The van der Waals surface area contributed by atoms with Crippen LogP contribution in [0.25, 0.3) is 0 Å². The number of aliphatic hydroxyl groups excluding tert-OH is 1. The van der Waals surface area contributed by atoms with Crippen molar-refractivity contribution in [2.75, 3.05) is 6.61 Å². The van der Waals surface area contributed by atoms with Crippen molar-refractivity contribution in [3.05, 3.63) is 108 Å². The first-order valence-corrected chi connectivity index (χ1v) is 11.1. The van der Waals surface area contributed by atoms with Gasteiger partial charge in [0.15, 0.2) is 12.2 Å². The van der Waals surface area contributed by atoms with Crippen LogP contribution < -0.4 is 0 Å². The van der Waals surface area contributed by atoms with E-state index in [2.05, 4.69) is 0 Å². The number of benzene rings is 3. The predicted molar refractivity (Wildman–Crippen MR) is 124 cm³/mol. The molecule has 1 fully saturated rings. The molecule has 184 valence electrons. The van der Waals surface area contributed by atoms with Gasteiger partial charge in [0, 0.05) is 0 Å². The first-order valence-electron chi connectivity index (χ1n) is 11.1. The molecule has 0 amide bonds. The van der Waals surface area contributed by atoms with Gasteiger partial charge in [0.05, 0.1) is 16.7 Å². The number of carbonyl (C=O) groups excluding carboxylic acids is 4. The fourth-order valence-corrected chi connectivity index (χ4v) is 3.54. The number of esters is 4. The van der Waals surface area contributed by atoms with E-state index in [1.54, 1.807) is 54.6 Å². The molecule has 1 aliphatic rings. The van der Waals surface area contributed by atoms with Gasteiger partial charge in [-0.25, -0.2) is 19.2 Å². The van der Waals surface area contributed by atoms with Crippen molar-refractivity contribution in [1.29, 1.82) is 0 Å². The van der Waals surface area contributed by atoms with Crippen LogP contribution in [0, 0.1) is 0 Å². The van der Waals surface area contributed by atoms with E-state index in [0.717, 1.165) is 0 Å². The van der Waals surface area contributed by atoms with Gasteiger partial charge in [0.1, 0.15) is 12.7 Å². The molecule has 0 saturated carbocycles. The summed E-state index contributed by atoms with van der Waals surface area (Å²) in [6.07, 6.45) is -6.19. The maximum atomic E-state index is 12.7. The molecule has 4 atom stereocenters.